The molecular formula is C17H30N2O. The van der Waals surface area contributed by atoms with Gasteiger partial charge in [-0.3, -0.25) is 4.79 Å². The van der Waals surface area contributed by atoms with Crippen LogP contribution in [0.25, 0.3) is 0 Å². The van der Waals surface area contributed by atoms with E-state index in [4.69, 9.17) is 0 Å². The molecule has 1 N–H and O–H groups in total. The molecule has 2 aliphatic carbocycles. The van der Waals surface area contributed by atoms with Crippen molar-refractivity contribution < 1.29 is 4.79 Å². The first-order valence-electron chi connectivity index (χ1n) is 8.46. The van der Waals surface area contributed by atoms with E-state index < -0.39 is 0 Å². The molecule has 0 radical (unpaired) electrons. The van der Waals surface area contributed by atoms with Gasteiger partial charge in [0.2, 0.25) is 5.91 Å². The SMILES string of the molecule is CNC1CC(C)(C)CCN(C2CC3CCC(C3)C2)C1=O. The number of rotatable bonds is 2. The van der Waals surface area contributed by atoms with Crippen molar-refractivity contribution >= 4 is 5.91 Å². The second kappa shape index (κ2) is 5.32. The van der Waals surface area contributed by atoms with Crippen LogP contribution in [0.5, 0.6) is 0 Å². The molecule has 2 bridgehead atoms. The molecule has 1 saturated heterocycles. The molecular weight excluding hydrogens is 248 g/mol. The lowest BCUT2D eigenvalue weighted by Gasteiger charge is -2.38. The molecule has 0 aromatic carbocycles. The highest BCUT2D eigenvalue weighted by atomic mass is 16.2. The standard InChI is InChI=1S/C17H30N2O/c1-17(2)6-7-19(16(20)15(11-17)18-3)14-9-12-4-5-13(8-12)10-14/h12-15,18H,4-11H2,1-3H3. The molecule has 3 rings (SSSR count). The van der Waals surface area contributed by atoms with E-state index in [9.17, 15) is 4.79 Å². The Hall–Kier alpha value is -0.570. The number of hydrogen-bond donors (Lipinski definition) is 1. The summed E-state index contributed by atoms with van der Waals surface area (Å²) in [6, 6.07) is 0.547. The van der Waals surface area contributed by atoms with Gasteiger partial charge in [0.15, 0.2) is 0 Å². The molecule has 3 fully saturated rings. The lowest BCUT2D eigenvalue weighted by molar-refractivity contribution is -0.136. The number of carbonyl (C=O) groups excluding carboxylic acids is 1. The van der Waals surface area contributed by atoms with Crippen LogP contribution in [-0.4, -0.2) is 36.5 Å². The van der Waals surface area contributed by atoms with Crippen molar-refractivity contribution in [1.29, 1.82) is 0 Å². The highest BCUT2D eigenvalue weighted by Gasteiger charge is 2.41. The Kier molecular flexibility index (Phi) is 3.83. The average molecular weight is 278 g/mol. The van der Waals surface area contributed by atoms with Crippen molar-refractivity contribution in [2.24, 2.45) is 17.3 Å². The lowest BCUT2D eigenvalue weighted by atomic mass is 9.83. The van der Waals surface area contributed by atoms with Gasteiger partial charge in [-0.2, -0.15) is 0 Å². The summed E-state index contributed by atoms with van der Waals surface area (Å²) in [5.41, 5.74) is 0.270. The second-order valence-electron chi connectivity index (χ2n) is 8.16. The van der Waals surface area contributed by atoms with Crippen molar-refractivity contribution in [3.05, 3.63) is 0 Å². The molecule has 1 aliphatic heterocycles. The smallest absolute Gasteiger partial charge is 0.239 e. The van der Waals surface area contributed by atoms with Crippen LogP contribution >= 0.6 is 0 Å². The Balaban J connectivity index is 1.76. The maximum atomic E-state index is 12.9. The molecule has 3 unspecified atom stereocenters. The molecule has 1 heterocycles. The number of fused-ring (bicyclic) bond motifs is 2. The lowest BCUT2D eigenvalue weighted by Crippen LogP contribution is -2.50. The minimum absolute atomic E-state index is 0.0204. The van der Waals surface area contributed by atoms with Gasteiger partial charge in [0.05, 0.1) is 6.04 Å². The number of nitrogens with zero attached hydrogens (tertiary/aromatic N) is 1. The Morgan fingerprint density at radius 1 is 1.15 bits per heavy atom. The van der Waals surface area contributed by atoms with Gasteiger partial charge >= 0.3 is 0 Å². The third-order valence-electron chi connectivity index (χ3n) is 6.02. The molecule has 2 saturated carbocycles. The fourth-order valence-electron chi connectivity index (χ4n) is 4.79. The number of nitrogens with one attached hydrogen (secondary N) is 1. The summed E-state index contributed by atoms with van der Waals surface area (Å²) < 4.78 is 0. The number of likely N-dealkylation sites (N-methyl/N-ethyl adjacent to an activating group) is 1. The summed E-state index contributed by atoms with van der Waals surface area (Å²) >= 11 is 0. The molecule has 3 atom stereocenters. The van der Waals surface area contributed by atoms with Crippen LogP contribution in [0.4, 0.5) is 0 Å². The number of carbonyl (C=O) groups is 1. The van der Waals surface area contributed by atoms with Gasteiger partial charge in [0.1, 0.15) is 0 Å². The first kappa shape index (κ1) is 14.4. The predicted octanol–water partition coefficient (Wildman–Crippen LogP) is 2.80. The third kappa shape index (κ3) is 2.74. The van der Waals surface area contributed by atoms with Gasteiger partial charge in [-0.25, -0.2) is 0 Å². The van der Waals surface area contributed by atoms with Crippen molar-refractivity contribution in [3.63, 3.8) is 0 Å². The van der Waals surface area contributed by atoms with Crippen LogP contribution in [0.15, 0.2) is 0 Å². The fraction of sp³-hybridized carbons (Fsp3) is 0.941. The van der Waals surface area contributed by atoms with Gasteiger partial charge in [0, 0.05) is 12.6 Å². The summed E-state index contributed by atoms with van der Waals surface area (Å²) in [5.74, 6) is 2.16. The Labute approximate surface area is 123 Å². The molecule has 0 aromatic heterocycles. The Bertz CT molecular complexity index is 367. The van der Waals surface area contributed by atoms with E-state index in [1.54, 1.807) is 0 Å². The minimum Gasteiger partial charge on any atom is -0.338 e. The Morgan fingerprint density at radius 2 is 1.80 bits per heavy atom. The van der Waals surface area contributed by atoms with Crippen molar-refractivity contribution in [2.75, 3.05) is 13.6 Å². The van der Waals surface area contributed by atoms with Crippen LogP contribution in [0.2, 0.25) is 0 Å². The highest BCUT2D eigenvalue weighted by molar-refractivity contribution is 5.82. The molecule has 20 heavy (non-hydrogen) atoms. The summed E-state index contributed by atoms with van der Waals surface area (Å²) in [4.78, 5) is 15.1. The van der Waals surface area contributed by atoms with E-state index >= 15 is 0 Å². The summed E-state index contributed by atoms with van der Waals surface area (Å²) in [6.07, 6.45) is 8.88. The van der Waals surface area contributed by atoms with Gasteiger partial charge < -0.3 is 10.2 Å². The van der Waals surface area contributed by atoms with Crippen LogP contribution in [0.1, 0.15) is 58.8 Å². The van der Waals surface area contributed by atoms with Crippen LogP contribution < -0.4 is 5.32 Å². The molecule has 0 spiro atoms. The van der Waals surface area contributed by atoms with Crippen LogP contribution in [0.3, 0.4) is 0 Å². The van der Waals surface area contributed by atoms with E-state index in [1.807, 2.05) is 7.05 Å². The first-order chi connectivity index (χ1) is 9.48. The topological polar surface area (TPSA) is 32.3 Å². The van der Waals surface area contributed by atoms with E-state index in [0.717, 1.165) is 31.2 Å². The monoisotopic (exact) mass is 278 g/mol. The second-order valence-corrected chi connectivity index (χ2v) is 8.16. The number of amides is 1. The Morgan fingerprint density at radius 3 is 2.40 bits per heavy atom. The molecule has 0 aromatic rings. The quantitative estimate of drug-likeness (QED) is 0.842. The minimum atomic E-state index is 0.0204. The molecule has 3 heteroatoms. The molecule has 3 nitrogen and oxygen atoms in total. The van der Waals surface area contributed by atoms with E-state index in [2.05, 4.69) is 24.1 Å². The zero-order valence-corrected chi connectivity index (χ0v) is 13.3. The van der Waals surface area contributed by atoms with Crippen molar-refractivity contribution in [3.8, 4) is 0 Å². The maximum Gasteiger partial charge on any atom is 0.239 e. The molecule has 114 valence electrons. The molecule has 1 amide bonds. The summed E-state index contributed by atoms with van der Waals surface area (Å²) in [6.45, 7) is 5.57. The van der Waals surface area contributed by atoms with Crippen molar-refractivity contribution in [1.82, 2.24) is 10.2 Å². The van der Waals surface area contributed by atoms with Gasteiger partial charge in [-0.15, -0.1) is 0 Å². The predicted molar refractivity (Wildman–Crippen MR) is 81.4 cm³/mol. The van der Waals surface area contributed by atoms with Crippen LogP contribution in [0, 0.1) is 17.3 Å². The molecule has 3 aliphatic rings. The normalized spacial score (nSPS) is 40.8. The third-order valence-corrected chi connectivity index (χ3v) is 6.02. The van der Waals surface area contributed by atoms with E-state index in [1.165, 1.54) is 32.1 Å². The summed E-state index contributed by atoms with van der Waals surface area (Å²) in [7, 11) is 1.94. The number of hydrogen-bond acceptors (Lipinski definition) is 2. The maximum absolute atomic E-state index is 12.9. The average Bonchev–Trinajstić information content (AvgIpc) is 2.68. The van der Waals surface area contributed by atoms with Gasteiger partial charge in [-0.1, -0.05) is 26.7 Å². The van der Waals surface area contributed by atoms with Gasteiger partial charge in [0.25, 0.3) is 0 Å². The van der Waals surface area contributed by atoms with E-state index in [0.29, 0.717) is 11.9 Å². The summed E-state index contributed by atoms with van der Waals surface area (Å²) in [5, 5.41) is 3.27. The fourth-order valence-corrected chi connectivity index (χ4v) is 4.79. The van der Waals surface area contributed by atoms with E-state index in [-0.39, 0.29) is 11.5 Å². The zero-order valence-electron chi connectivity index (χ0n) is 13.3. The van der Waals surface area contributed by atoms with Gasteiger partial charge in [-0.05, 0) is 56.4 Å². The first-order valence-corrected chi connectivity index (χ1v) is 8.46. The van der Waals surface area contributed by atoms with Crippen molar-refractivity contribution in [2.45, 2.75) is 70.9 Å². The zero-order chi connectivity index (χ0) is 14.3. The highest BCUT2D eigenvalue weighted by Crippen LogP contribution is 2.44. The largest absolute Gasteiger partial charge is 0.338 e. The number of likely N-dealkylation sites (tertiary alicyclic amines) is 1. The van der Waals surface area contributed by atoms with Crippen LogP contribution in [-0.2, 0) is 4.79 Å².